The number of fused-ring (bicyclic) bond motifs is 2. The molecular formula is C21H23N3O4. The Bertz CT molecular complexity index is 972. The molecule has 0 bridgehead atoms. The molecule has 3 amide bonds. The van der Waals surface area contributed by atoms with Gasteiger partial charge in [-0.2, -0.15) is 0 Å². The second-order valence-corrected chi connectivity index (χ2v) is 7.55. The van der Waals surface area contributed by atoms with Crippen molar-refractivity contribution in [3.63, 3.8) is 0 Å². The first-order valence-electron chi connectivity index (χ1n) is 9.66. The van der Waals surface area contributed by atoms with Crippen molar-refractivity contribution < 1.29 is 19.1 Å². The lowest BCUT2D eigenvalue weighted by Gasteiger charge is -2.25. The molecule has 4 rings (SSSR count). The fourth-order valence-electron chi connectivity index (χ4n) is 3.97. The summed E-state index contributed by atoms with van der Waals surface area (Å²) in [5.41, 5.74) is 3.10. The number of imide groups is 1. The fraction of sp³-hybridized carbons (Fsp3) is 0.429. The topological polar surface area (TPSA) is 88.6 Å². The first-order chi connectivity index (χ1) is 13.5. The maximum Gasteiger partial charge on any atom is 0.339 e. The van der Waals surface area contributed by atoms with Crippen molar-refractivity contribution in [2.75, 3.05) is 13.1 Å². The molecule has 1 saturated heterocycles. The molecule has 28 heavy (non-hydrogen) atoms. The number of esters is 1. The van der Waals surface area contributed by atoms with Crippen LogP contribution in [-0.4, -0.2) is 47.0 Å². The van der Waals surface area contributed by atoms with Gasteiger partial charge in [-0.3, -0.25) is 14.7 Å². The van der Waals surface area contributed by atoms with E-state index in [0.29, 0.717) is 18.0 Å². The van der Waals surface area contributed by atoms with Gasteiger partial charge in [-0.05, 0) is 43.7 Å². The van der Waals surface area contributed by atoms with Crippen LogP contribution in [0, 0.1) is 5.92 Å². The minimum absolute atomic E-state index is 0.282. The lowest BCUT2D eigenvalue weighted by molar-refractivity contribution is -0.136. The van der Waals surface area contributed by atoms with E-state index in [1.165, 1.54) is 6.92 Å². The van der Waals surface area contributed by atoms with Crippen LogP contribution in [0.15, 0.2) is 24.3 Å². The number of ether oxygens (including phenoxy) is 1. The molecular weight excluding hydrogens is 358 g/mol. The molecule has 1 N–H and O–H groups in total. The number of nitrogens with one attached hydrogen (secondary N) is 1. The van der Waals surface area contributed by atoms with Crippen molar-refractivity contribution in [1.29, 1.82) is 0 Å². The Morgan fingerprint density at radius 2 is 2.11 bits per heavy atom. The average molecular weight is 381 g/mol. The van der Waals surface area contributed by atoms with Gasteiger partial charge in [-0.25, -0.2) is 9.59 Å². The summed E-state index contributed by atoms with van der Waals surface area (Å²) < 4.78 is 5.53. The van der Waals surface area contributed by atoms with Crippen LogP contribution in [0.25, 0.3) is 10.9 Å². The molecule has 0 unspecified atom stereocenters. The number of nitrogens with zero attached hydrogens (tertiary/aromatic N) is 2. The van der Waals surface area contributed by atoms with Gasteiger partial charge in [0, 0.05) is 24.2 Å². The first kappa shape index (κ1) is 18.4. The number of amides is 3. The number of rotatable bonds is 3. The van der Waals surface area contributed by atoms with E-state index >= 15 is 0 Å². The molecule has 1 aliphatic heterocycles. The molecule has 2 heterocycles. The molecule has 146 valence electrons. The number of para-hydroxylation sites is 1. The number of aryl methyl sites for hydroxylation is 1. The van der Waals surface area contributed by atoms with E-state index < -0.39 is 24.0 Å². The van der Waals surface area contributed by atoms with E-state index in [2.05, 4.69) is 12.2 Å². The maximum atomic E-state index is 13.1. The minimum Gasteiger partial charge on any atom is -0.449 e. The summed E-state index contributed by atoms with van der Waals surface area (Å²) in [7, 11) is 0. The maximum absolute atomic E-state index is 13.1. The third-order valence-corrected chi connectivity index (χ3v) is 5.46. The van der Waals surface area contributed by atoms with Gasteiger partial charge in [0.05, 0.1) is 11.1 Å². The van der Waals surface area contributed by atoms with E-state index in [-0.39, 0.29) is 6.54 Å². The van der Waals surface area contributed by atoms with Crippen LogP contribution < -0.4 is 5.32 Å². The smallest absolute Gasteiger partial charge is 0.339 e. The van der Waals surface area contributed by atoms with Crippen LogP contribution >= 0.6 is 0 Å². The highest BCUT2D eigenvalue weighted by atomic mass is 16.5. The number of carbonyl (C=O) groups is 3. The second kappa shape index (κ2) is 7.22. The van der Waals surface area contributed by atoms with Gasteiger partial charge in [-0.1, -0.05) is 25.1 Å². The summed E-state index contributed by atoms with van der Waals surface area (Å²) in [4.78, 5) is 43.2. The van der Waals surface area contributed by atoms with E-state index in [4.69, 9.17) is 9.72 Å². The third kappa shape index (κ3) is 3.21. The zero-order chi connectivity index (χ0) is 19.8. The predicted molar refractivity (Wildman–Crippen MR) is 103 cm³/mol. The van der Waals surface area contributed by atoms with Gasteiger partial charge < -0.3 is 10.1 Å². The fourth-order valence-corrected chi connectivity index (χ4v) is 3.97. The van der Waals surface area contributed by atoms with E-state index in [1.54, 1.807) is 0 Å². The van der Waals surface area contributed by atoms with Crippen LogP contribution in [-0.2, 0) is 22.4 Å². The lowest BCUT2D eigenvalue weighted by Crippen LogP contribution is -2.42. The predicted octanol–water partition coefficient (Wildman–Crippen LogP) is 2.46. The zero-order valence-corrected chi connectivity index (χ0v) is 16.0. The van der Waals surface area contributed by atoms with Gasteiger partial charge in [0.15, 0.2) is 6.10 Å². The summed E-state index contributed by atoms with van der Waals surface area (Å²) in [5, 5.41) is 3.31. The molecule has 2 atom stereocenters. The van der Waals surface area contributed by atoms with E-state index in [1.807, 2.05) is 24.3 Å². The summed E-state index contributed by atoms with van der Waals surface area (Å²) >= 11 is 0. The van der Waals surface area contributed by atoms with Gasteiger partial charge in [0.25, 0.3) is 5.91 Å². The van der Waals surface area contributed by atoms with Crippen LogP contribution in [0.5, 0.6) is 0 Å². The number of hydrogen-bond acceptors (Lipinski definition) is 5. The minimum atomic E-state index is -1.04. The zero-order valence-electron chi connectivity index (χ0n) is 16.0. The number of benzene rings is 1. The molecule has 7 nitrogen and oxygen atoms in total. The van der Waals surface area contributed by atoms with Crippen molar-refractivity contribution in [3.8, 4) is 0 Å². The van der Waals surface area contributed by atoms with Crippen molar-refractivity contribution in [2.45, 2.75) is 39.2 Å². The number of aromatic nitrogens is 1. The highest BCUT2D eigenvalue weighted by Gasteiger charge is 2.33. The number of hydrogen-bond donors (Lipinski definition) is 1. The van der Waals surface area contributed by atoms with Crippen LogP contribution in [0.1, 0.15) is 41.9 Å². The molecule has 1 aromatic heterocycles. The quantitative estimate of drug-likeness (QED) is 0.825. The first-order valence-corrected chi connectivity index (χ1v) is 9.66. The third-order valence-electron chi connectivity index (χ3n) is 5.46. The van der Waals surface area contributed by atoms with E-state index in [9.17, 15) is 14.4 Å². The molecule has 0 saturated carbocycles. The summed E-state index contributed by atoms with van der Waals surface area (Å²) in [6.45, 7) is 4.35. The standard InChI is InChI=1S/C21H23N3O4/c1-12-7-8-17-15(11-12)18(14-5-3-4-6-16(14)23-17)20(26)28-13(2)19(25)24-10-9-22-21(24)27/h3-6,12-13H,7-11H2,1-2H3,(H,22,27)/t12-,13-/m1/s1. The Morgan fingerprint density at radius 1 is 1.32 bits per heavy atom. The highest BCUT2D eigenvalue weighted by Crippen LogP contribution is 2.32. The SMILES string of the molecule is C[C@@H]1CCc2nc3ccccc3c(C(=O)O[C@H](C)C(=O)N3CCNC3=O)c2C1. The largest absolute Gasteiger partial charge is 0.449 e. The summed E-state index contributed by atoms with van der Waals surface area (Å²) in [5.74, 6) is -0.595. The molecule has 1 aromatic carbocycles. The number of carbonyl (C=O) groups excluding carboxylic acids is 3. The Hall–Kier alpha value is -2.96. The van der Waals surface area contributed by atoms with Crippen molar-refractivity contribution >= 4 is 28.8 Å². The highest BCUT2D eigenvalue weighted by molar-refractivity contribution is 6.06. The molecule has 7 heteroatoms. The second-order valence-electron chi connectivity index (χ2n) is 7.55. The number of urea groups is 1. The molecule has 1 fully saturated rings. The molecule has 2 aliphatic rings. The van der Waals surface area contributed by atoms with Gasteiger partial charge >= 0.3 is 12.0 Å². The Labute approximate surface area is 163 Å². The Balaban J connectivity index is 1.67. The molecule has 1 aliphatic carbocycles. The van der Waals surface area contributed by atoms with E-state index in [0.717, 1.165) is 46.3 Å². The van der Waals surface area contributed by atoms with Crippen molar-refractivity contribution in [2.24, 2.45) is 5.92 Å². The molecule has 2 aromatic rings. The number of pyridine rings is 1. The summed E-state index contributed by atoms with van der Waals surface area (Å²) in [6, 6.07) is 7.05. The monoisotopic (exact) mass is 381 g/mol. The van der Waals surface area contributed by atoms with Gasteiger partial charge in [0.1, 0.15) is 0 Å². The normalized spacial score (nSPS) is 19.9. The average Bonchev–Trinajstić information content (AvgIpc) is 3.11. The van der Waals surface area contributed by atoms with Crippen molar-refractivity contribution in [3.05, 3.63) is 41.1 Å². The lowest BCUT2D eigenvalue weighted by atomic mass is 9.84. The molecule has 0 radical (unpaired) electrons. The van der Waals surface area contributed by atoms with Crippen LogP contribution in [0.3, 0.4) is 0 Å². The van der Waals surface area contributed by atoms with Crippen LogP contribution in [0.4, 0.5) is 4.79 Å². The van der Waals surface area contributed by atoms with Crippen molar-refractivity contribution in [1.82, 2.24) is 15.2 Å². The Kier molecular flexibility index (Phi) is 4.75. The Morgan fingerprint density at radius 3 is 2.86 bits per heavy atom. The summed E-state index contributed by atoms with van der Waals surface area (Å²) in [6.07, 6.45) is 1.57. The van der Waals surface area contributed by atoms with Crippen LogP contribution in [0.2, 0.25) is 0 Å². The van der Waals surface area contributed by atoms with Gasteiger partial charge in [-0.15, -0.1) is 0 Å². The molecule has 0 spiro atoms. The van der Waals surface area contributed by atoms with Gasteiger partial charge in [0.2, 0.25) is 0 Å².